The minimum Gasteiger partial charge on any atom is -0.356 e. The van der Waals surface area contributed by atoms with Crippen LogP contribution in [0.4, 0.5) is 5.82 Å². The molecular formula is C26H35N7O. The van der Waals surface area contributed by atoms with Crippen LogP contribution < -0.4 is 4.90 Å². The Morgan fingerprint density at radius 2 is 1.85 bits per heavy atom. The highest BCUT2D eigenvalue weighted by molar-refractivity contribution is 5.94. The number of aryl methyl sites for hydroxylation is 1. The van der Waals surface area contributed by atoms with Crippen LogP contribution in [-0.2, 0) is 0 Å². The van der Waals surface area contributed by atoms with Gasteiger partial charge in [0, 0.05) is 43.7 Å². The smallest absolute Gasteiger partial charge is 0.257 e. The molecule has 3 aromatic heterocycles. The molecule has 34 heavy (non-hydrogen) atoms. The number of amides is 1. The van der Waals surface area contributed by atoms with Crippen LogP contribution in [0.3, 0.4) is 0 Å². The van der Waals surface area contributed by atoms with E-state index in [1.54, 1.807) is 6.20 Å². The van der Waals surface area contributed by atoms with Gasteiger partial charge >= 0.3 is 0 Å². The average Bonchev–Trinajstić information content (AvgIpc) is 3.64. The normalized spacial score (nSPS) is 23.9. The first-order valence-corrected chi connectivity index (χ1v) is 13.0. The maximum atomic E-state index is 13.6. The summed E-state index contributed by atoms with van der Waals surface area (Å²) in [5.41, 5.74) is 3.64. The van der Waals surface area contributed by atoms with Gasteiger partial charge in [0.15, 0.2) is 5.65 Å². The number of nitrogens with zero attached hydrogens (tertiary/aromatic N) is 7. The number of piperidine rings is 1. The molecule has 3 fully saturated rings. The van der Waals surface area contributed by atoms with Crippen molar-refractivity contribution in [2.75, 3.05) is 24.5 Å². The summed E-state index contributed by atoms with van der Waals surface area (Å²) >= 11 is 0. The lowest BCUT2D eigenvalue weighted by Crippen LogP contribution is -2.38. The Balaban J connectivity index is 1.27. The summed E-state index contributed by atoms with van der Waals surface area (Å²) in [6.07, 6.45) is 14.9. The van der Waals surface area contributed by atoms with Gasteiger partial charge in [-0.15, -0.1) is 0 Å². The van der Waals surface area contributed by atoms with Crippen molar-refractivity contribution in [1.82, 2.24) is 29.3 Å². The number of carbonyl (C=O) groups excluding carboxylic acids is 1. The van der Waals surface area contributed by atoms with E-state index in [1.165, 1.54) is 19.3 Å². The predicted octanol–water partition coefficient (Wildman–Crippen LogP) is 4.56. The number of fused-ring (bicyclic) bond motifs is 1. The molecule has 3 aliphatic rings. The number of aromatic nitrogens is 5. The van der Waals surface area contributed by atoms with E-state index < -0.39 is 0 Å². The third-order valence-corrected chi connectivity index (χ3v) is 8.00. The average molecular weight is 462 g/mol. The molecule has 8 heteroatoms. The highest BCUT2D eigenvalue weighted by Crippen LogP contribution is 2.34. The SMILES string of the molecule is Cc1cn2nc([C@@H]3CCCCN3C(=O)c3cnn(C4CCCC4)c3)cc2nc1N1CC[C@H](C)C1. The van der Waals surface area contributed by atoms with Crippen molar-refractivity contribution in [3.05, 3.63) is 41.5 Å². The Morgan fingerprint density at radius 3 is 2.65 bits per heavy atom. The van der Waals surface area contributed by atoms with Gasteiger partial charge in [0.2, 0.25) is 0 Å². The minimum absolute atomic E-state index is 0.0201. The van der Waals surface area contributed by atoms with Crippen LogP contribution in [0.1, 0.15) is 92.0 Å². The van der Waals surface area contributed by atoms with Crippen LogP contribution >= 0.6 is 0 Å². The molecule has 2 atom stereocenters. The summed E-state index contributed by atoms with van der Waals surface area (Å²) in [6.45, 7) is 7.30. The van der Waals surface area contributed by atoms with Crippen LogP contribution in [0.15, 0.2) is 24.7 Å². The van der Waals surface area contributed by atoms with Crippen LogP contribution in [0.25, 0.3) is 5.65 Å². The Labute approximate surface area is 200 Å². The summed E-state index contributed by atoms with van der Waals surface area (Å²) in [4.78, 5) is 23.0. The zero-order chi connectivity index (χ0) is 23.2. The fourth-order valence-electron chi connectivity index (χ4n) is 6.09. The van der Waals surface area contributed by atoms with E-state index in [9.17, 15) is 4.79 Å². The molecule has 3 aromatic rings. The van der Waals surface area contributed by atoms with Gasteiger partial charge in [-0.05, 0) is 51.4 Å². The Bertz CT molecular complexity index is 1190. The molecule has 0 spiro atoms. The molecule has 1 saturated carbocycles. The van der Waals surface area contributed by atoms with Crippen LogP contribution in [0.5, 0.6) is 0 Å². The minimum atomic E-state index is -0.0201. The van der Waals surface area contributed by atoms with Crippen molar-refractivity contribution < 1.29 is 4.79 Å². The first-order chi connectivity index (χ1) is 16.6. The molecule has 8 nitrogen and oxygen atoms in total. The van der Waals surface area contributed by atoms with E-state index in [-0.39, 0.29) is 11.9 Å². The second kappa shape index (κ2) is 8.71. The topological polar surface area (TPSA) is 71.6 Å². The molecule has 1 aliphatic carbocycles. The second-order valence-corrected chi connectivity index (χ2v) is 10.6. The van der Waals surface area contributed by atoms with Crippen LogP contribution in [0.2, 0.25) is 0 Å². The summed E-state index contributed by atoms with van der Waals surface area (Å²) in [5.74, 6) is 1.85. The second-order valence-electron chi connectivity index (χ2n) is 10.6. The summed E-state index contributed by atoms with van der Waals surface area (Å²) in [5, 5.41) is 9.44. The Morgan fingerprint density at radius 1 is 1.03 bits per heavy atom. The first-order valence-electron chi connectivity index (χ1n) is 13.0. The number of anilines is 1. The standard InChI is InChI=1S/C26H35N7O/c1-18-10-12-30(15-18)25-19(2)16-33-24(28-25)13-22(29-33)23-9-5-6-11-31(23)26(34)20-14-27-32(17-20)21-7-3-4-8-21/h13-14,16-18,21,23H,3-12,15H2,1-2H3/t18-,23-/m0/s1. The predicted molar refractivity (Wildman–Crippen MR) is 131 cm³/mol. The van der Waals surface area contributed by atoms with E-state index in [1.807, 2.05) is 20.3 Å². The van der Waals surface area contributed by atoms with Gasteiger partial charge in [-0.25, -0.2) is 9.50 Å². The molecular weight excluding hydrogens is 426 g/mol. The van der Waals surface area contributed by atoms with Gasteiger partial charge in [-0.1, -0.05) is 19.8 Å². The third-order valence-electron chi connectivity index (χ3n) is 8.00. The molecule has 2 saturated heterocycles. The van der Waals surface area contributed by atoms with Crippen molar-refractivity contribution in [3.8, 4) is 0 Å². The van der Waals surface area contributed by atoms with Crippen LogP contribution in [0, 0.1) is 12.8 Å². The lowest BCUT2D eigenvalue weighted by molar-refractivity contribution is 0.0605. The van der Waals surface area contributed by atoms with Gasteiger partial charge < -0.3 is 9.80 Å². The monoisotopic (exact) mass is 461 g/mol. The summed E-state index contributed by atoms with van der Waals surface area (Å²) in [6, 6.07) is 2.51. The molecule has 0 unspecified atom stereocenters. The summed E-state index contributed by atoms with van der Waals surface area (Å²) in [7, 11) is 0. The number of carbonyl (C=O) groups is 1. The fraction of sp³-hybridized carbons (Fsp3) is 0.615. The van der Waals surface area contributed by atoms with Crippen molar-refractivity contribution >= 4 is 17.4 Å². The Hall–Kier alpha value is -2.90. The number of hydrogen-bond donors (Lipinski definition) is 0. The number of rotatable bonds is 4. The molecule has 5 heterocycles. The van der Waals surface area contributed by atoms with Crippen LogP contribution in [-0.4, -0.2) is 54.8 Å². The number of hydrogen-bond acceptors (Lipinski definition) is 5. The molecule has 6 rings (SSSR count). The zero-order valence-corrected chi connectivity index (χ0v) is 20.4. The van der Waals surface area contributed by atoms with Gasteiger partial charge in [-0.2, -0.15) is 10.2 Å². The molecule has 180 valence electrons. The maximum absolute atomic E-state index is 13.6. The molecule has 0 bridgehead atoms. The summed E-state index contributed by atoms with van der Waals surface area (Å²) < 4.78 is 3.90. The van der Waals surface area contributed by atoms with E-state index in [0.29, 0.717) is 17.5 Å². The van der Waals surface area contributed by atoms with Crippen molar-refractivity contribution in [1.29, 1.82) is 0 Å². The van der Waals surface area contributed by atoms with Crippen molar-refractivity contribution in [2.45, 2.75) is 77.3 Å². The highest BCUT2D eigenvalue weighted by Gasteiger charge is 2.32. The molecule has 0 N–H and O–H groups in total. The van der Waals surface area contributed by atoms with E-state index in [4.69, 9.17) is 10.1 Å². The van der Waals surface area contributed by atoms with Gasteiger partial charge in [0.1, 0.15) is 5.82 Å². The van der Waals surface area contributed by atoms with E-state index in [0.717, 1.165) is 74.5 Å². The lowest BCUT2D eigenvalue weighted by atomic mass is 9.98. The largest absolute Gasteiger partial charge is 0.356 e. The number of likely N-dealkylation sites (tertiary alicyclic amines) is 1. The molecule has 0 aromatic carbocycles. The zero-order valence-electron chi connectivity index (χ0n) is 20.4. The first kappa shape index (κ1) is 21.6. The third kappa shape index (κ3) is 3.87. The molecule has 2 aliphatic heterocycles. The Kier molecular flexibility index (Phi) is 5.54. The van der Waals surface area contributed by atoms with Gasteiger partial charge in [0.05, 0.1) is 29.5 Å². The van der Waals surface area contributed by atoms with Gasteiger partial charge in [0.25, 0.3) is 5.91 Å². The van der Waals surface area contributed by atoms with Crippen molar-refractivity contribution in [2.24, 2.45) is 5.92 Å². The fourth-order valence-corrected chi connectivity index (χ4v) is 6.09. The molecule has 1 amide bonds. The van der Waals surface area contributed by atoms with Gasteiger partial charge in [-0.3, -0.25) is 9.48 Å². The maximum Gasteiger partial charge on any atom is 0.257 e. The van der Waals surface area contributed by atoms with E-state index in [2.05, 4.69) is 36.1 Å². The lowest BCUT2D eigenvalue weighted by Gasteiger charge is -2.34. The van der Waals surface area contributed by atoms with Crippen molar-refractivity contribution in [3.63, 3.8) is 0 Å². The quantitative estimate of drug-likeness (QED) is 0.569. The van der Waals surface area contributed by atoms with E-state index >= 15 is 0 Å². The molecule has 0 radical (unpaired) electrons. The highest BCUT2D eigenvalue weighted by atomic mass is 16.2.